The molecule has 3 aromatic carbocycles. The van der Waals surface area contributed by atoms with Crippen molar-refractivity contribution in [3.05, 3.63) is 71.8 Å². The molecule has 35 heavy (non-hydrogen) atoms. The average Bonchev–Trinajstić information content (AvgIpc) is 3.54. The van der Waals surface area contributed by atoms with Gasteiger partial charge in [0, 0.05) is 7.11 Å². The van der Waals surface area contributed by atoms with Gasteiger partial charge >= 0.3 is 0 Å². The number of fused-ring (bicyclic) bond motifs is 1. The number of rotatable bonds is 7. The lowest BCUT2D eigenvalue weighted by Crippen LogP contribution is -2.27. The number of benzene rings is 3. The lowest BCUT2D eigenvalue weighted by molar-refractivity contribution is -0.118. The lowest BCUT2D eigenvalue weighted by atomic mass is 9.91. The minimum Gasteiger partial charge on any atom is -0.454 e. The molecule has 1 saturated carbocycles. The van der Waals surface area contributed by atoms with Crippen LogP contribution in [0.1, 0.15) is 45.2 Å². The summed E-state index contributed by atoms with van der Waals surface area (Å²) < 4.78 is 37.4. The Morgan fingerprint density at radius 3 is 2.34 bits per heavy atom. The molecular weight excluding hydrogens is 464 g/mol. The first-order valence-electron chi connectivity index (χ1n) is 11.6. The van der Waals surface area contributed by atoms with Gasteiger partial charge in [-0.1, -0.05) is 38.1 Å². The van der Waals surface area contributed by atoms with Crippen LogP contribution in [0.25, 0.3) is 11.1 Å². The first-order valence-corrected chi connectivity index (χ1v) is 13.1. The number of nitrogens with one attached hydrogen (secondary N) is 2. The Bertz CT molecular complexity index is 1400. The summed E-state index contributed by atoms with van der Waals surface area (Å²) in [7, 11) is -2.12. The van der Waals surface area contributed by atoms with Crippen LogP contribution in [-0.4, -0.2) is 28.2 Å². The van der Waals surface area contributed by atoms with Gasteiger partial charge < -0.3 is 14.8 Å². The van der Waals surface area contributed by atoms with Gasteiger partial charge in [-0.15, -0.1) is 0 Å². The summed E-state index contributed by atoms with van der Waals surface area (Å²) in [6.07, 6.45) is 1.55. The van der Waals surface area contributed by atoms with Gasteiger partial charge in [0.05, 0.1) is 10.3 Å². The van der Waals surface area contributed by atoms with Crippen LogP contribution < -0.4 is 19.5 Å². The maximum Gasteiger partial charge on any atom is 0.240 e. The maximum atomic E-state index is 13.4. The summed E-state index contributed by atoms with van der Waals surface area (Å²) in [5, 5.41) is 3.12. The predicted molar refractivity (Wildman–Crippen MR) is 136 cm³/mol. The second kappa shape index (κ2) is 8.70. The molecule has 2 aliphatic rings. The first kappa shape index (κ1) is 23.4. The number of ether oxygens (including phenoxy) is 2. The second-order valence-electron chi connectivity index (χ2n) is 9.29. The van der Waals surface area contributed by atoms with Crippen molar-refractivity contribution in [2.45, 2.75) is 42.9 Å². The maximum absolute atomic E-state index is 13.4. The van der Waals surface area contributed by atoms with Gasteiger partial charge in [0.15, 0.2) is 11.5 Å². The van der Waals surface area contributed by atoms with Gasteiger partial charge in [0.25, 0.3) is 0 Å². The smallest absolute Gasteiger partial charge is 0.240 e. The molecule has 0 atom stereocenters. The zero-order valence-electron chi connectivity index (χ0n) is 19.9. The third kappa shape index (κ3) is 4.28. The van der Waals surface area contributed by atoms with Crippen molar-refractivity contribution in [3.8, 4) is 22.6 Å². The minimum absolute atomic E-state index is 0. The van der Waals surface area contributed by atoms with E-state index in [1.54, 1.807) is 24.3 Å². The van der Waals surface area contributed by atoms with Crippen LogP contribution in [0.2, 0.25) is 0 Å². The number of hydrogen-bond acceptors (Lipinski definition) is 5. The highest BCUT2D eigenvalue weighted by molar-refractivity contribution is 7.89. The van der Waals surface area contributed by atoms with Crippen molar-refractivity contribution in [2.24, 2.45) is 0 Å². The van der Waals surface area contributed by atoms with E-state index in [1.807, 2.05) is 36.4 Å². The van der Waals surface area contributed by atoms with E-state index >= 15 is 0 Å². The van der Waals surface area contributed by atoms with Crippen molar-refractivity contribution >= 4 is 21.6 Å². The molecular formula is C27H30N2O5S. The highest BCUT2D eigenvalue weighted by Crippen LogP contribution is 2.51. The van der Waals surface area contributed by atoms with Gasteiger partial charge in [0.1, 0.15) is 0 Å². The summed E-state index contributed by atoms with van der Waals surface area (Å²) in [4.78, 5) is 13.6. The number of anilines is 1. The third-order valence-electron chi connectivity index (χ3n) is 6.79. The summed E-state index contributed by atoms with van der Waals surface area (Å²) in [6.45, 7) is 4.41. The average molecular weight is 495 g/mol. The number of amides is 1. The van der Waals surface area contributed by atoms with E-state index in [0.29, 0.717) is 17.2 Å². The Labute approximate surface area is 207 Å². The fourth-order valence-electron chi connectivity index (χ4n) is 4.54. The molecule has 0 unspecified atom stereocenters. The van der Waals surface area contributed by atoms with E-state index in [1.165, 1.54) is 7.05 Å². The summed E-state index contributed by atoms with van der Waals surface area (Å²) >= 11 is 0. The highest BCUT2D eigenvalue weighted by Gasteiger charge is 2.51. The SMILES string of the molecule is CNS(=O)(=O)c1ccc(-c2cc(NC(=O)C3(c4ccc5c(c4)OCO5)CC3)ccc2C(C)C)cc1.[HH]. The zero-order chi connectivity index (χ0) is 24.8. The number of carbonyl (C=O) groups is 1. The van der Waals surface area contributed by atoms with Crippen LogP contribution in [-0.2, 0) is 20.2 Å². The molecule has 184 valence electrons. The molecule has 3 aromatic rings. The number of sulfonamides is 1. The van der Waals surface area contributed by atoms with Crippen LogP contribution >= 0.6 is 0 Å². The first-order chi connectivity index (χ1) is 16.7. The Hall–Kier alpha value is -3.36. The molecule has 5 rings (SSSR count). The quantitative estimate of drug-likeness (QED) is 0.481. The van der Waals surface area contributed by atoms with Crippen molar-refractivity contribution < 1.29 is 24.1 Å². The van der Waals surface area contributed by atoms with E-state index in [2.05, 4.69) is 23.9 Å². The van der Waals surface area contributed by atoms with Crippen LogP contribution in [0.4, 0.5) is 5.69 Å². The minimum atomic E-state index is -3.51. The largest absolute Gasteiger partial charge is 0.454 e. The Morgan fingerprint density at radius 1 is 0.971 bits per heavy atom. The Kier molecular flexibility index (Phi) is 5.81. The lowest BCUT2D eigenvalue weighted by Gasteiger charge is -2.19. The summed E-state index contributed by atoms with van der Waals surface area (Å²) in [6, 6.07) is 18.4. The van der Waals surface area contributed by atoms with Gasteiger partial charge in [-0.2, -0.15) is 0 Å². The number of carbonyl (C=O) groups excluding carboxylic acids is 1. The standard InChI is InChI=1S/C27H28N2O5S.H2/c1-17(2)22-10-7-20(15-23(22)18-4-8-21(9-5-18)35(31,32)28-3)29-26(30)27(12-13-27)19-6-11-24-25(14-19)34-16-33-24;/h4-11,14-15,17,28H,12-13,16H2,1-3H3,(H,29,30);1H. The monoisotopic (exact) mass is 494 g/mol. The molecule has 1 aliphatic carbocycles. The molecule has 0 spiro atoms. The Balaban J connectivity index is 0.00000304. The van der Waals surface area contributed by atoms with Gasteiger partial charge in [0.2, 0.25) is 22.7 Å². The summed E-state index contributed by atoms with van der Waals surface area (Å²) in [5.41, 5.74) is 4.02. The number of hydrogen-bond donors (Lipinski definition) is 2. The predicted octanol–water partition coefficient (Wildman–Crippen LogP) is 5.03. The molecule has 1 amide bonds. The Morgan fingerprint density at radius 2 is 1.69 bits per heavy atom. The second-order valence-corrected chi connectivity index (χ2v) is 11.2. The third-order valence-corrected chi connectivity index (χ3v) is 8.22. The van der Waals surface area contributed by atoms with Crippen LogP contribution in [0.3, 0.4) is 0 Å². The molecule has 0 bridgehead atoms. The van der Waals surface area contributed by atoms with E-state index < -0.39 is 15.4 Å². The fraction of sp³-hybridized carbons (Fsp3) is 0.296. The van der Waals surface area contributed by atoms with E-state index in [-0.39, 0.29) is 24.9 Å². The molecule has 8 heteroatoms. The molecule has 7 nitrogen and oxygen atoms in total. The molecule has 1 aliphatic heterocycles. The van der Waals surface area contributed by atoms with Gasteiger partial charge in [-0.3, -0.25) is 4.79 Å². The molecule has 1 heterocycles. The molecule has 0 radical (unpaired) electrons. The van der Waals surface area contributed by atoms with Crippen LogP contribution in [0.15, 0.2) is 65.6 Å². The summed E-state index contributed by atoms with van der Waals surface area (Å²) in [5.74, 6) is 1.58. The molecule has 1 fully saturated rings. The van der Waals surface area contributed by atoms with Gasteiger partial charge in [-0.25, -0.2) is 13.1 Å². The van der Waals surface area contributed by atoms with E-state index in [9.17, 15) is 13.2 Å². The zero-order valence-corrected chi connectivity index (χ0v) is 20.7. The highest BCUT2D eigenvalue weighted by atomic mass is 32.2. The van der Waals surface area contributed by atoms with E-state index in [4.69, 9.17) is 9.47 Å². The topological polar surface area (TPSA) is 93.7 Å². The van der Waals surface area contributed by atoms with Crippen molar-refractivity contribution in [1.82, 2.24) is 4.72 Å². The fourth-order valence-corrected chi connectivity index (χ4v) is 5.27. The van der Waals surface area contributed by atoms with Crippen molar-refractivity contribution in [1.29, 1.82) is 0 Å². The molecule has 0 saturated heterocycles. The van der Waals surface area contributed by atoms with Crippen LogP contribution in [0, 0.1) is 0 Å². The molecule has 0 aromatic heterocycles. The molecule has 2 N–H and O–H groups in total. The van der Waals surface area contributed by atoms with Crippen molar-refractivity contribution in [3.63, 3.8) is 0 Å². The van der Waals surface area contributed by atoms with Crippen LogP contribution in [0.5, 0.6) is 11.5 Å². The normalized spacial score (nSPS) is 15.8. The van der Waals surface area contributed by atoms with Gasteiger partial charge in [-0.05, 0) is 84.5 Å². The van der Waals surface area contributed by atoms with E-state index in [0.717, 1.165) is 35.1 Å². The van der Waals surface area contributed by atoms with Crippen molar-refractivity contribution in [2.75, 3.05) is 19.2 Å².